The Morgan fingerprint density at radius 1 is 0.875 bits per heavy atom. The number of imidazole rings is 1. The smallest absolute Gasteiger partial charge is 0.326 e. The van der Waals surface area contributed by atoms with Gasteiger partial charge in [-0.3, -0.25) is 24.0 Å². The number of rotatable bonds is 16. The number of H-pyrrole nitrogens is 1. The Hall–Kier alpha value is -4.99. The van der Waals surface area contributed by atoms with E-state index in [1.165, 1.54) is 24.7 Å². The monoisotopic (exact) mass is 561 g/mol. The van der Waals surface area contributed by atoms with E-state index in [-0.39, 0.29) is 25.0 Å². The van der Waals surface area contributed by atoms with E-state index in [1.807, 2.05) is 0 Å². The predicted molar refractivity (Wildman–Crippen MR) is 136 cm³/mol. The Kier molecular flexibility index (Phi) is 11.6. The number of carbonyl (C=O) groups is 6. The van der Waals surface area contributed by atoms with Crippen molar-refractivity contribution in [3.63, 3.8) is 0 Å². The van der Waals surface area contributed by atoms with E-state index >= 15 is 0 Å². The molecule has 16 heteroatoms. The number of aromatic hydroxyl groups is 1. The van der Waals surface area contributed by atoms with Crippen LogP contribution in [0.5, 0.6) is 5.75 Å². The number of aromatic amines is 1. The molecular formula is C24H31N7O9. The molecule has 16 nitrogen and oxygen atoms in total. The Labute approximate surface area is 227 Å². The second-order valence-corrected chi connectivity index (χ2v) is 8.88. The van der Waals surface area contributed by atoms with E-state index in [4.69, 9.17) is 16.6 Å². The number of benzene rings is 1. The molecule has 0 bridgehead atoms. The van der Waals surface area contributed by atoms with Crippen LogP contribution in [-0.4, -0.2) is 85.0 Å². The number of aliphatic carboxylic acids is 2. The van der Waals surface area contributed by atoms with E-state index < -0.39 is 72.6 Å². The van der Waals surface area contributed by atoms with Crippen LogP contribution in [0.15, 0.2) is 36.8 Å². The standard InChI is InChI=1S/C24H31N7O9/c25-15(7-12-1-3-14(32)4-2-12)21(36)29-16(5-6-20(34)35)22(37)30-17(8-13-10-27-11-28-13)23(38)31-18(24(39)40)9-19(26)33/h1-4,10-11,15-18,32H,5-9,25H2,(H2,26,33)(H,27,28)(H,29,36)(H,30,37)(H,31,38)(H,34,35)(H,39,40). The molecule has 1 aromatic heterocycles. The first-order valence-corrected chi connectivity index (χ1v) is 12.0. The molecule has 1 aromatic carbocycles. The Balaban J connectivity index is 2.19. The minimum atomic E-state index is -1.67. The highest BCUT2D eigenvalue weighted by Crippen LogP contribution is 2.11. The number of carboxylic acid groups (broad SMARTS) is 2. The summed E-state index contributed by atoms with van der Waals surface area (Å²) in [6.45, 7) is 0. The number of nitrogens with two attached hydrogens (primary N) is 2. The number of hydrogen-bond acceptors (Lipinski definition) is 9. The molecule has 0 aliphatic rings. The van der Waals surface area contributed by atoms with E-state index in [0.29, 0.717) is 11.3 Å². The van der Waals surface area contributed by atoms with Gasteiger partial charge >= 0.3 is 11.9 Å². The molecule has 0 saturated heterocycles. The first-order valence-electron chi connectivity index (χ1n) is 12.0. The van der Waals surface area contributed by atoms with Crippen molar-refractivity contribution in [3.05, 3.63) is 48.0 Å². The molecule has 216 valence electrons. The van der Waals surface area contributed by atoms with Crippen molar-refractivity contribution in [2.24, 2.45) is 11.5 Å². The van der Waals surface area contributed by atoms with Crippen LogP contribution < -0.4 is 27.4 Å². The maximum absolute atomic E-state index is 13.2. The van der Waals surface area contributed by atoms with Gasteiger partial charge in [-0.1, -0.05) is 12.1 Å². The number of carbonyl (C=O) groups excluding carboxylic acids is 4. The minimum absolute atomic E-state index is 0.0187. The zero-order chi connectivity index (χ0) is 29.8. The number of aromatic nitrogens is 2. The number of nitrogens with zero attached hydrogens (tertiary/aromatic N) is 1. The molecule has 4 unspecified atom stereocenters. The van der Waals surface area contributed by atoms with E-state index in [0.717, 1.165) is 0 Å². The number of carboxylic acids is 2. The van der Waals surface area contributed by atoms with Crippen molar-refractivity contribution in [1.82, 2.24) is 25.9 Å². The van der Waals surface area contributed by atoms with Gasteiger partial charge < -0.3 is 47.7 Å². The summed E-state index contributed by atoms with van der Waals surface area (Å²) < 4.78 is 0. The second-order valence-electron chi connectivity index (χ2n) is 8.88. The maximum atomic E-state index is 13.2. The number of hydrogen-bond donors (Lipinski definition) is 9. The molecule has 2 rings (SSSR count). The van der Waals surface area contributed by atoms with Crippen LogP contribution in [0.1, 0.15) is 30.5 Å². The summed E-state index contributed by atoms with van der Waals surface area (Å²) in [6.07, 6.45) is 0.948. The van der Waals surface area contributed by atoms with Crippen LogP contribution in [0.25, 0.3) is 0 Å². The van der Waals surface area contributed by atoms with Crippen molar-refractivity contribution in [2.45, 2.75) is 56.3 Å². The van der Waals surface area contributed by atoms with Gasteiger partial charge in [-0.2, -0.15) is 0 Å². The first kappa shape index (κ1) is 31.2. The van der Waals surface area contributed by atoms with Crippen LogP contribution in [0, 0.1) is 0 Å². The van der Waals surface area contributed by atoms with Gasteiger partial charge in [0.2, 0.25) is 23.6 Å². The number of nitrogens with one attached hydrogen (secondary N) is 4. The Bertz CT molecular complexity index is 1200. The zero-order valence-electron chi connectivity index (χ0n) is 21.2. The van der Waals surface area contributed by atoms with Crippen LogP contribution in [0.3, 0.4) is 0 Å². The largest absolute Gasteiger partial charge is 0.508 e. The number of primary amides is 1. The van der Waals surface area contributed by atoms with Gasteiger partial charge in [0.05, 0.1) is 18.8 Å². The summed E-state index contributed by atoms with van der Waals surface area (Å²) in [5.41, 5.74) is 12.0. The molecule has 0 aliphatic heterocycles. The summed E-state index contributed by atoms with van der Waals surface area (Å²) in [6, 6.07) is 0.269. The minimum Gasteiger partial charge on any atom is -0.508 e. The number of phenolic OH excluding ortho intramolecular Hbond substituents is 1. The highest BCUT2D eigenvalue weighted by Gasteiger charge is 2.31. The molecule has 0 fully saturated rings. The third kappa shape index (κ3) is 10.4. The third-order valence-corrected chi connectivity index (χ3v) is 5.64. The fraction of sp³-hybridized carbons (Fsp3) is 0.375. The fourth-order valence-corrected chi connectivity index (χ4v) is 3.57. The average Bonchev–Trinajstić information content (AvgIpc) is 3.39. The molecule has 0 saturated carbocycles. The van der Waals surface area contributed by atoms with Crippen molar-refractivity contribution in [3.8, 4) is 5.75 Å². The van der Waals surface area contributed by atoms with Gasteiger partial charge in [0.25, 0.3) is 0 Å². The van der Waals surface area contributed by atoms with Crippen molar-refractivity contribution in [2.75, 3.05) is 0 Å². The maximum Gasteiger partial charge on any atom is 0.326 e. The lowest BCUT2D eigenvalue weighted by Crippen LogP contribution is -2.58. The number of phenols is 1. The summed E-state index contributed by atoms with van der Waals surface area (Å²) in [4.78, 5) is 79.3. The molecule has 0 radical (unpaired) electrons. The summed E-state index contributed by atoms with van der Waals surface area (Å²) in [7, 11) is 0. The van der Waals surface area contributed by atoms with Crippen LogP contribution in [0.2, 0.25) is 0 Å². The molecule has 2 aromatic rings. The third-order valence-electron chi connectivity index (χ3n) is 5.64. The van der Waals surface area contributed by atoms with Gasteiger partial charge in [-0.05, 0) is 30.5 Å². The molecule has 40 heavy (non-hydrogen) atoms. The molecular weight excluding hydrogens is 530 g/mol. The van der Waals surface area contributed by atoms with Gasteiger partial charge in [-0.25, -0.2) is 9.78 Å². The Morgan fingerprint density at radius 2 is 1.48 bits per heavy atom. The molecule has 4 amide bonds. The normalized spacial score (nSPS) is 13.7. The quantitative estimate of drug-likeness (QED) is 0.103. The van der Waals surface area contributed by atoms with E-state index in [2.05, 4.69) is 25.9 Å². The SMILES string of the molecule is NC(=O)CC(NC(=O)C(Cc1cnc[nH]1)NC(=O)C(CCC(=O)O)NC(=O)C(N)Cc1ccc(O)cc1)C(=O)O. The van der Waals surface area contributed by atoms with Crippen LogP contribution in [-0.2, 0) is 41.6 Å². The highest BCUT2D eigenvalue weighted by molar-refractivity contribution is 5.95. The summed E-state index contributed by atoms with van der Waals surface area (Å²) in [5.74, 6) is -6.44. The number of amides is 4. The summed E-state index contributed by atoms with van der Waals surface area (Å²) >= 11 is 0. The second kappa shape index (κ2) is 14.8. The first-order chi connectivity index (χ1) is 18.8. The Morgan fingerprint density at radius 3 is 2.02 bits per heavy atom. The van der Waals surface area contributed by atoms with Gasteiger partial charge in [0, 0.05) is 24.7 Å². The van der Waals surface area contributed by atoms with Crippen molar-refractivity contribution >= 4 is 35.6 Å². The fourth-order valence-electron chi connectivity index (χ4n) is 3.57. The molecule has 4 atom stereocenters. The predicted octanol–water partition coefficient (Wildman–Crippen LogP) is -2.49. The summed E-state index contributed by atoms with van der Waals surface area (Å²) in [5, 5.41) is 34.8. The van der Waals surface area contributed by atoms with Crippen molar-refractivity contribution in [1.29, 1.82) is 0 Å². The van der Waals surface area contributed by atoms with E-state index in [9.17, 15) is 39.0 Å². The lowest BCUT2D eigenvalue weighted by Gasteiger charge is -2.25. The highest BCUT2D eigenvalue weighted by atomic mass is 16.4. The lowest BCUT2D eigenvalue weighted by molar-refractivity contribution is -0.143. The van der Waals surface area contributed by atoms with Crippen LogP contribution in [0.4, 0.5) is 0 Å². The molecule has 11 N–H and O–H groups in total. The van der Waals surface area contributed by atoms with Crippen molar-refractivity contribution < 1.29 is 44.1 Å². The van der Waals surface area contributed by atoms with E-state index in [1.54, 1.807) is 12.1 Å². The van der Waals surface area contributed by atoms with Gasteiger partial charge in [0.1, 0.15) is 23.9 Å². The average molecular weight is 562 g/mol. The van der Waals surface area contributed by atoms with Gasteiger partial charge in [0.15, 0.2) is 0 Å². The molecule has 0 aliphatic carbocycles. The zero-order valence-corrected chi connectivity index (χ0v) is 21.2. The lowest BCUT2D eigenvalue weighted by atomic mass is 10.0. The molecule has 0 spiro atoms. The van der Waals surface area contributed by atoms with Gasteiger partial charge in [-0.15, -0.1) is 0 Å². The van der Waals surface area contributed by atoms with Crippen LogP contribution >= 0.6 is 0 Å². The molecule has 1 heterocycles. The topological polar surface area (TPSA) is 280 Å².